The van der Waals surface area contributed by atoms with Crippen molar-refractivity contribution in [1.82, 2.24) is 0 Å². The summed E-state index contributed by atoms with van der Waals surface area (Å²) in [7, 11) is 1.07. The number of hydrogen-bond donors (Lipinski definition) is 0. The molecule has 0 bridgehead atoms. The molecular formula is C27H51P. The van der Waals surface area contributed by atoms with Crippen molar-refractivity contribution in [3.05, 3.63) is 23.5 Å². The summed E-state index contributed by atoms with van der Waals surface area (Å²) in [6.07, 6.45) is 25.5. The van der Waals surface area contributed by atoms with E-state index in [1.54, 1.807) is 5.31 Å². The third-order valence-electron chi connectivity index (χ3n) is 7.06. The summed E-state index contributed by atoms with van der Waals surface area (Å²) < 4.78 is 0. The van der Waals surface area contributed by atoms with Crippen LogP contribution in [0.15, 0.2) is 23.5 Å². The van der Waals surface area contributed by atoms with Crippen LogP contribution in [-0.2, 0) is 0 Å². The minimum Gasteiger partial charge on any atom is -0.0946 e. The smallest absolute Gasteiger partial charge is 0.0229 e. The lowest BCUT2D eigenvalue weighted by Gasteiger charge is -2.20. The van der Waals surface area contributed by atoms with Gasteiger partial charge in [-0.3, -0.25) is 0 Å². The van der Waals surface area contributed by atoms with E-state index in [4.69, 9.17) is 0 Å². The predicted octanol–water partition coefficient (Wildman–Crippen LogP) is 9.75. The zero-order valence-electron chi connectivity index (χ0n) is 20.2. The number of allylic oxidation sites excluding steroid dienone is 4. The minimum absolute atomic E-state index is 0.698. The van der Waals surface area contributed by atoms with Crippen LogP contribution >= 0.6 is 8.58 Å². The van der Waals surface area contributed by atoms with E-state index >= 15 is 0 Å². The quantitative estimate of drug-likeness (QED) is 0.128. The molecule has 1 saturated carbocycles. The summed E-state index contributed by atoms with van der Waals surface area (Å²) in [6, 6.07) is 0. The standard InChI is InChI=1S/C27H51P/c1-7-11-13-14-16-23(5)20-26(10-4)28-22-27(21-24(27)6)19-15-18-25(9-3)17-12-8-2/h12,17,20,23-25,28H,7-11,13-16,18-19,21-22H2,1-6H3. The van der Waals surface area contributed by atoms with Gasteiger partial charge in [0.1, 0.15) is 0 Å². The fourth-order valence-corrected chi connectivity index (χ4v) is 6.53. The van der Waals surface area contributed by atoms with Gasteiger partial charge in [-0.25, -0.2) is 0 Å². The molecule has 0 aromatic carbocycles. The first-order valence-electron chi connectivity index (χ1n) is 12.6. The van der Waals surface area contributed by atoms with Gasteiger partial charge in [-0.1, -0.05) is 106 Å². The van der Waals surface area contributed by atoms with E-state index in [0.29, 0.717) is 5.41 Å². The summed E-state index contributed by atoms with van der Waals surface area (Å²) in [4.78, 5) is 0. The molecule has 5 unspecified atom stereocenters. The molecule has 0 saturated heterocycles. The molecule has 0 aliphatic heterocycles. The van der Waals surface area contributed by atoms with E-state index in [-0.39, 0.29) is 0 Å². The molecule has 1 aliphatic rings. The molecule has 0 amide bonds. The molecule has 28 heavy (non-hydrogen) atoms. The van der Waals surface area contributed by atoms with Crippen molar-refractivity contribution in [2.75, 3.05) is 6.16 Å². The van der Waals surface area contributed by atoms with Crippen LogP contribution < -0.4 is 0 Å². The zero-order valence-corrected chi connectivity index (χ0v) is 21.2. The predicted molar refractivity (Wildman–Crippen MR) is 133 cm³/mol. The Labute approximate surface area is 180 Å². The summed E-state index contributed by atoms with van der Waals surface area (Å²) in [6.45, 7) is 14.2. The molecule has 0 spiro atoms. The number of hydrogen-bond acceptors (Lipinski definition) is 0. The topological polar surface area (TPSA) is 0 Å². The van der Waals surface area contributed by atoms with E-state index in [0.717, 1.165) is 26.3 Å². The summed E-state index contributed by atoms with van der Waals surface area (Å²) >= 11 is 0. The Kier molecular flexibility index (Phi) is 13.7. The van der Waals surface area contributed by atoms with Gasteiger partial charge in [0, 0.05) is 0 Å². The molecule has 0 heterocycles. The van der Waals surface area contributed by atoms with Crippen molar-refractivity contribution in [1.29, 1.82) is 0 Å². The SMILES string of the molecule is CCC=CC(CC)CCCC1(CPC(=CC(C)CCCCCC)CC)CC1C. The monoisotopic (exact) mass is 406 g/mol. The number of rotatable bonds is 17. The maximum Gasteiger partial charge on any atom is -0.0229 e. The molecule has 0 aromatic heterocycles. The molecule has 1 heteroatoms. The lowest BCUT2D eigenvalue weighted by atomic mass is 9.92. The highest BCUT2D eigenvalue weighted by Gasteiger charge is 2.49. The highest BCUT2D eigenvalue weighted by atomic mass is 31.1. The van der Waals surface area contributed by atoms with Gasteiger partial charge < -0.3 is 0 Å². The lowest BCUT2D eigenvalue weighted by molar-refractivity contribution is 0.424. The van der Waals surface area contributed by atoms with Crippen LogP contribution in [0.3, 0.4) is 0 Å². The summed E-state index contributed by atoms with van der Waals surface area (Å²) in [5, 5.41) is 1.76. The molecule has 164 valence electrons. The highest BCUT2D eigenvalue weighted by Crippen LogP contribution is 2.59. The van der Waals surface area contributed by atoms with Crippen LogP contribution in [0.25, 0.3) is 0 Å². The largest absolute Gasteiger partial charge is 0.0946 e. The normalized spacial score (nSPS) is 25.1. The van der Waals surface area contributed by atoms with Gasteiger partial charge in [-0.05, 0) is 74.3 Å². The Morgan fingerprint density at radius 2 is 1.82 bits per heavy atom. The van der Waals surface area contributed by atoms with Crippen molar-refractivity contribution >= 4 is 8.58 Å². The van der Waals surface area contributed by atoms with Gasteiger partial charge in [0.2, 0.25) is 0 Å². The fourth-order valence-electron chi connectivity index (χ4n) is 4.63. The van der Waals surface area contributed by atoms with E-state index in [2.05, 4.69) is 59.8 Å². The molecule has 0 N–H and O–H groups in total. The third kappa shape index (κ3) is 10.1. The molecular weight excluding hydrogens is 355 g/mol. The second-order valence-corrected chi connectivity index (χ2v) is 10.9. The maximum absolute atomic E-state index is 2.65. The van der Waals surface area contributed by atoms with Gasteiger partial charge in [0.05, 0.1) is 0 Å². The third-order valence-corrected chi connectivity index (χ3v) is 8.92. The van der Waals surface area contributed by atoms with E-state index in [9.17, 15) is 0 Å². The van der Waals surface area contributed by atoms with Crippen molar-refractivity contribution in [3.63, 3.8) is 0 Å². The molecule has 5 atom stereocenters. The Morgan fingerprint density at radius 1 is 1.07 bits per heavy atom. The average molecular weight is 407 g/mol. The van der Waals surface area contributed by atoms with Crippen molar-refractivity contribution in [2.24, 2.45) is 23.2 Å². The van der Waals surface area contributed by atoms with Crippen LogP contribution in [0.1, 0.15) is 119 Å². The first-order chi connectivity index (χ1) is 13.5. The fraction of sp³-hybridized carbons (Fsp3) is 0.852. The molecule has 0 nitrogen and oxygen atoms in total. The van der Waals surface area contributed by atoms with Crippen LogP contribution in [0.4, 0.5) is 0 Å². The Hall–Kier alpha value is -0.0900. The molecule has 0 aromatic rings. The van der Waals surface area contributed by atoms with Gasteiger partial charge in [0.15, 0.2) is 0 Å². The second-order valence-electron chi connectivity index (χ2n) is 9.59. The molecule has 1 rings (SSSR count). The zero-order chi connectivity index (χ0) is 20.8. The van der Waals surface area contributed by atoms with E-state index in [1.807, 2.05) is 0 Å². The van der Waals surface area contributed by atoms with Crippen LogP contribution in [-0.4, -0.2) is 6.16 Å². The average Bonchev–Trinajstić information content (AvgIpc) is 3.34. The van der Waals surface area contributed by atoms with Gasteiger partial charge >= 0.3 is 0 Å². The van der Waals surface area contributed by atoms with Gasteiger partial charge in [-0.2, -0.15) is 0 Å². The minimum atomic E-state index is 0.698. The summed E-state index contributed by atoms with van der Waals surface area (Å²) in [5.74, 6) is 2.56. The van der Waals surface area contributed by atoms with Gasteiger partial charge in [-0.15, -0.1) is 0 Å². The number of unbranched alkanes of at least 4 members (excludes halogenated alkanes) is 3. The summed E-state index contributed by atoms with van der Waals surface area (Å²) in [5.41, 5.74) is 0.698. The highest BCUT2D eigenvalue weighted by molar-refractivity contribution is 7.43. The first kappa shape index (κ1) is 25.9. The molecule has 1 aliphatic carbocycles. The van der Waals surface area contributed by atoms with E-state index in [1.165, 1.54) is 83.2 Å². The van der Waals surface area contributed by atoms with Gasteiger partial charge in [0.25, 0.3) is 0 Å². The molecule has 1 fully saturated rings. The van der Waals surface area contributed by atoms with Crippen molar-refractivity contribution < 1.29 is 0 Å². The lowest BCUT2D eigenvalue weighted by Crippen LogP contribution is -2.08. The Bertz CT molecular complexity index is 449. The Balaban J connectivity index is 2.41. The van der Waals surface area contributed by atoms with E-state index < -0.39 is 0 Å². The van der Waals surface area contributed by atoms with Crippen molar-refractivity contribution in [3.8, 4) is 0 Å². The van der Waals surface area contributed by atoms with Crippen molar-refractivity contribution in [2.45, 2.75) is 119 Å². The maximum atomic E-state index is 2.65. The first-order valence-corrected chi connectivity index (χ1v) is 13.8. The van der Waals surface area contributed by atoms with Crippen LogP contribution in [0.5, 0.6) is 0 Å². The Morgan fingerprint density at radius 3 is 2.39 bits per heavy atom. The van der Waals surface area contributed by atoms with Crippen LogP contribution in [0, 0.1) is 23.2 Å². The second kappa shape index (κ2) is 14.8. The molecule has 0 radical (unpaired) electrons. The van der Waals surface area contributed by atoms with Crippen LogP contribution in [0.2, 0.25) is 0 Å².